The van der Waals surface area contributed by atoms with Crippen LogP contribution < -0.4 is 4.74 Å². The van der Waals surface area contributed by atoms with Gasteiger partial charge in [-0.25, -0.2) is 4.79 Å². The Balaban J connectivity index is 2.59. The molecule has 12 heteroatoms. The quantitative estimate of drug-likeness (QED) is 0.373. The van der Waals surface area contributed by atoms with Crippen molar-refractivity contribution in [3.8, 4) is 17.0 Å². The summed E-state index contributed by atoms with van der Waals surface area (Å²) in [6.07, 6.45) is -6.47. The molecule has 0 amide bonds. The Bertz CT molecular complexity index is 960. The highest BCUT2D eigenvalue weighted by atomic mass is 35.5. The number of carbonyl (C=O) groups excluding carboxylic acids is 1. The number of aryl methyl sites for hydroxylation is 1. The van der Waals surface area contributed by atoms with E-state index in [4.69, 9.17) is 16.3 Å². The number of halogens is 6. The lowest BCUT2D eigenvalue weighted by atomic mass is 9.89. The molecule has 178 valence electrons. The first-order chi connectivity index (χ1) is 14.8. The number of alkyl halides is 5. The van der Waals surface area contributed by atoms with Gasteiger partial charge in [-0.1, -0.05) is 17.7 Å². The third kappa shape index (κ3) is 6.10. The highest BCUT2D eigenvalue weighted by molar-refractivity contribution is 6.36. The van der Waals surface area contributed by atoms with Gasteiger partial charge in [-0.15, -0.1) is 0 Å². The molecular weight excluding hydrogens is 463 g/mol. The van der Waals surface area contributed by atoms with Gasteiger partial charge in [0.1, 0.15) is 10.8 Å². The van der Waals surface area contributed by atoms with Crippen LogP contribution in [0.4, 0.5) is 22.0 Å². The highest BCUT2D eigenvalue weighted by Crippen LogP contribution is 2.41. The molecule has 0 aliphatic carbocycles. The lowest BCUT2D eigenvalue weighted by molar-refractivity contribution is -0.146. The molecule has 0 saturated heterocycles. The fourth-order valence-corrected chi connectivity index (χ4v) is 3.35. The van der Waals surface area contributed by atoms with E-state index in [-0.39, 0.29) is 40.7 Å². The average molecular weight is 485 g/mol. The van der Waals surface area contributed by atoms with Crippen molar-refractivity contribution in [3.63, 3.8) is 0 Å². The summed E-state index contributed by atoms with van der Waals surface area (Å²) in [5.74, 6) is -1.26. The van der Waals surface area contributed by atoms with E-state index in [2.05, 4.69) is 9.84 Å². The number of aliphatic hydroxyl groups is 1. The standard InChI is InChI=1S/C20H22ClF5N2O4/c1-4-28-16(14(21)15(27-28)17(29)31-5-2)12-7-6-11(10-13(12)32-18(22)23)19(3,30)8-9-20(24,25)26/h6-7,10,18,30H,4-5,8-9H2,1-3H3/t19-/m1/s1. The monoisotopic (exact) mass is 484 g/mol. The molecule has 32 heavy (non-hydrogen) atoms. The molecule has 1 atom stereocenters. The van der Waals surface area contributed by atoms with Gasteiger partial charge in [0.05, 0.1) is 17.9 Å². The minimum Gasteiger partial charge on any atom is -0.461 e. The van der Waals surface area contributed by atoms with Crippen LogP contribution in [-0.4, -0.2) is 40.3 Å². The second kappa shape index (κ2) is 10.0. The van der Waals surface area contributed by atoms with Gasteiger partial charge in [-0.3, -0.25) is 4.68 Å². The molecule has 0 fully saturated rings. The Morgan fingerprint density at radius 2 is 1.91 bits per heavy atom. The number of carbonyl (C=O) groups is 1. The van der Waals surface area contributed by atoms with Crippen molar-refractivity contribution >= 4 is 17.6 Å². The molecule has 0 aliphatic heterocycles. The first kappa shape index (κ1) is 25.9. The summed E-state index contributed by atoms with van der Waals surface area (Å²) in [5, 5.41) is 14.4. The molecule has 1 aromatic carbocycles. The summed E-state index contributed by atoms with van der Waals surface area (Å²) < 4.78 is 74.7. The fraction of sp³-hybridized carbons (Fsp3) is 0.500. The molecule has 0 bridgehead atoms. The minimum atomic E-state index is -4.50. The third-order valence-corrected chi connectivity index (χ3v) is 4.99. The third-order valence-electron chi connectivity index (χ3n) is 4.63. The number of nitrogens with zero attached hydrogens (tertiary/aromatic N) is 2. The molecule has 0 aliphatic rings. The lowest BCUT2D eigenvalue weighted by Gasteiger charge is -2.26. The topological polar surface area (TPSA) is 73.6 Å². The average Bonchev–Trinajstić information content (AvgIpc) is 3.02. The number of hydrogen-bond donors (Lipinski definition) is 1. The van der Waals surface area contributed by atoms with Crippen molar-refractivity contribution in [1.29, 1.82) is 0 Å². The second-order valence-electron chi connectivity index (χ2n) is 7.03. The Hall–Kier alpha value is -2.40. The summed E-state index contributed by atoms with van der Waals surface area (Å²) in [7, 11) is 0. The normalized spacial score (nSPS) is 13.8. The molecule has 0 saturated carbocycles. The predicted molar refractivity (Wildman–Crippen MR) is 106 cm³/mol. The molecule has 2 aromatic rings. The van der Waals surface area contributed by atoms with Gasteiger partial charge in [0.2, 0.25) is 0 Å². The molecule has 0 radical (unpaired) electrons. The minimum absolute atomic E-state index is 0.00979. The van der Waals surface area contributed by atoms with Crippen molar-refractivity contribution in [3.05, 3.63) is 34.5 Å². The van der Waals surface area contributed by atoms with E-state index in [1.807, 2.05) is 0 Å². The van der Waals surface area contributed by atoms with Crippen LogP contribution in [-0.2, 0) is 16.9 Å². The maximum absolute atomic E-state index is 13.1. The maximum Gasteiger partial charge on any atom is 0.389 e. The van der Waals surface area contributed by atoms with Gasteiger partial charge in [-0.05, 0) is 44.9 Å². The van der Waals surface area contributed by atoms with Crippen LogP contribution in [0.3, 0.4) is 0 Å². The molecule has 2 rings (SSSR count). The molecular formula is C20H22ClF5N2O4. The zero-order chi connectivity index (χ0) is 24.3. The number of rotatable bonds is 9. The number of hydrogen-bond acceptors (Lipinski definition) is 5. The van der Waals surface area contributed by atoms with E-state index in [0.717, 1.165) is 13.0 Å². The van der Waals surface area contributed by atoms with Gasteiger partial charge in [-0.2, -0.15) is 27.1 Å². The van der Waals surface area contributed by atoms with Crippen molar-refractivity contribution in [2.75, 3.05) is 6.61 Å². The molecule has 1 N–H and O–H groups in total. The van der Waals surface area contributed by atoms with Crippen molar-refractivity contribution in [2.24, 2.45) is 0 Å². The van der Waals surface area contributed by atoms with Crippen LogP contribution >= 0.6 is 11.6 Å². The summed E-state index contributed by atoms with van der Waals surface area (Å²) in [6.45, 7) is 1.39. The van der Waals surface area contributed by atoms with E-state index < -0.39 is 42.9 Å². The largest absolute Gasteiger partial charge is 0.461 e. The molecule has 1 heterocycles. The Kier molecular flexibility index (Phi) is 8.11. The molecule has 6 nitrogen and oxygen atoms in total. The predicted octanol–water partition coefficient (Wildman–Crippen LogP) is 5.55. The number of benzene rings is 1. The van der Waals surface area contributed by atoms with Crippen LogP contribution in [0.1, 0.15) is 49.7 Å². The van der Waals surface area contributed by atoms with Gasteiger partial charge in [0.15, 0.2) is 5.69 Å². The van der Waals surface area contributed by atoms with Crippen molar-refractivity contribution in [2.45, 2.75) is 58.5 Å². The molecule has 0 spiro atoms. The lowest BCUT2D eigenvalue weighted by Crippen LogP contribution is -2.24. The number of esters is 1. The summed E-state index contributed by atoms with van der Waals surface area (Å²) in [4.78, 5) is 12.1. The maximum atomic E-state index is 13.1. The van der Waals surface area contributed by atoms with Crippen LogP contribution in [0.15, 0.2) is 18.2 Å². The van der Waals surface area contributed by atoms with E-state index in [9.17, 15) is 31.9 Å². The first-order valence-electron chi connectivity index (χ1n) is 9.63. The fourth-order valence-electron chi connectivity index (χ4n) is 3.03. The zero-order valence-electron chi connectivity index (χ0n) is 17.5. The van der Waals surface area contributed by atoms with Crippen LogP contribution in [0.25, 0.3) is 11.3 Å². The van der Waals surface area contributed by atoms with Crippen LogP contribution in [0, 0.1) is 0 Å². The summed E-state index contributed by atoms with van der Waals surface area (Å²) in [5.41, 5.74) is -2.18. The second-order valence-corrected chi connectivity index (χ2v) is 7.40. The number of ether oxygens (including phenoxy) is 2. The van der Waals surface area contributed by atoms with E-state index >= 15 is 0 Å². The molecule has 0 unspecified atom stereocenters. The van der Waals surface area contributed by atoms with Crippen LogP contribution in [0.2, 0.25) is 5.02 Å². The molecule has 1 aromatic heterocycles. The van der Waals surface area contributed by atoms with Crippen LogP contribution in [0.5, 0.6) is 5.75 Å². The van der Waals surface area contributed by atoms with E-state index in [0.29, 0.717) is 0 Å². The Labute approximate surface area is 185 Å². The summed E-state index contributed by atoms with van der Waals surface area (Å²) in [6, 6.07) is 3.56. The Morgan fingerprint density at radius 1 is 1.25 bits per heavy atom. The highest BCUT2D eigenvalue weighted by Gasteiger charge is 2.34. The SMILES string of the molecule is CCOC(=O)c1nn(CC)c(-c2ccc([C@](C)(O)CCC(F)(F)F)cc2OC(F)F)c1Cl. The van der Waals surface area contributed by atoms with Gasteiger partial charge in [0.25, 0.3) is 0 Å². The Morgan fingerprint density at radius 3 is 2.44 bits per heavy atom. The first-order valence-corrected chi connectivity index (χ1v) is 10.0. The smallest absolute Gasteiger partial charge is 0.389 e. The van der Waals surface area contributed by atoms with E-state index in [1.165, 1.54) is 16.8 Å². The zero-order valence-corrected chi connectivity index (χ0v) is 18.2. The van der Waals surface area contributed by atoms with Gasteiger partial charge < -0.3 is 14.6 Å². The van der Waals surface area contributed by atoms with Gasteiger partial charge >= 0.3 is 18.8 Å². The van der Waals surface area contributed by atoms with Crippen molar-refractivity contribution < 1.29 is 41.3 Å². The van der Waals surface area contributed by atoms with Gasteiger partial charge in [0, 0.05) is 18.5 Å². The summed E-state index contributed by atoms with van der Waals surface area (Å²) >= 11 is 6.31. The number of aromatic nitrogens is 2. The van der Waals surface area contributed by atoms with Crippen molar-refractivity contribution in [1.82, 2.24) is 9.78 Å². The van der Waals surface area contributed by atoms with E-state index in [1.54, 1.807) is 13.8 Å².